The van der Waals surface area contributed by atoms with Crippen LogP contribution in [-0.2, 0) is 0 Å². The molecule has 84 valence electrons. The van der Waals surface area contributed by atoms with Crippen LogP contribution in [0.25, 0.3) is 0 Å². The summed E-state index contributed by atoms with van der Waals surface area (Å²) in [5.74, 6) is 0.689. The van der Waals surface area contributed by atoms with Crippen LogP contribution in [0.4, 0.5) is 0 Å². The minimum atomic E-state index is 0.372. The molecule has 0 spiro atoms. The number of nitrogens with zero attached hydrogens (tertiary/aromatic N) is 1. The highest BCUT2D eigenvalue weighted by molar-refractivity contribution is 7.09. The Bertz CT molecular complexity index is 305. The van der Waals surface area contributed by atoms with Crippen molar-refractivity contribution in [2.24, 2.45) is 0 Å². The molecule has 0 aromatic carbocycles. The van der Waals surface area contributed by atoms with Gasteiger partial charge in [-0.3, -0.25) is 0 Å². The molecule has 2 heterocycles. The topological polar surface area (TPSA) is 37.0 Å². The molecule has 1 aliphatic rings. The van der Waals surface area contributed by atoms with E-state index in [4.69, 9.17) is 4.98 Å². The van der Waals surface area contributed by atoms with Crippen LogP contribution in [0, 0.1) is 0 Å². The summed E-state index contributed by atoms with van der Waals surface area (Å²) >= 11 is 1.82. The van der Waals surface area contributed by atoms with Gasteiger partial charge in [0.25, 0.3) is 0 Å². The molecule has 1 saturated heterocycles. The van der Waals surface area contributed by atoms with E-state index in [0.717, 1.165) is 13.1 Å². The predicted octanol–water partition coefficient (Wildman–Crippen LogP) is 1.89. The molecule has 1 atom stereocenters. The van der Waals surface area contributed by atoms with Gasteiger partial charge in [0.1, 0.15) is 0 Å². The molecule has 0 bridgehead atoms. The van der Waals surface area contributed by atoms with E-state index in [1.54, 1.807) is 0 Å². The molecular formula is C11H19N3S. The lowest BCUT2D eigenvalue weighted by atomic mass is 9.99. The summed E-state index contributed by atoms with van der Waals surface area (Å²) in [6, 6.07) is 0.372. The van der Waals surface area contributed by atoms with Crippen LogP contribution in [0.1, 0.15) is 42.4 Å². The first-order chi connectivity index (χ1) is 7.31. The second-order valence-corrected chi connectivity index (χ2v) is 5.03. The summed E-state index contributed by atoms with van der Waals surface area (Å²) in [5.41, 5.74) is 1.19. The summed E-state index contributed by atoms with van der Waals surface area (Å²) in [6.07, 6.45) is 2.47. The first kappa shape index (κ1) is 11.0. The van der Waals surface area contributed by atoms with E-state index in [2.05, 4.69) is 22.9 Å². The molecule has 1 aromatic rings. The SMILES string of the molecule is CNC(C)c1csc(C2CCNCC2)n1. The van der Waals surface area contributed by atoms with E-state index >= 15 is 0 Å². The van der Waals surface area contributed by atoms with E-state index in [-0.39, 0.29) is 0 Å². The maximum absolute atomic E-state index is 4.73. The molecule has 0 aliphatic carbocycles. The summed E-state index contributed by atoms with van der Waals surface area (Å²) in [7, 11) is 1.98. The van der Waals surface area contributed by atoms with Crippen LogP contribution in [-0.4, -0.2) is 25.1 Å². The van der Waals surface area contributed by atoms with Crippen LogP contribution in [0.15, 0.2) is 5.38 Å². The van der Waals surface area contributed by atoms with Crippen LogP contribution >= 0.6 is 11.3 Å². The summed E-state index contributed by atoms with van der Waals surface area (Å²) < 4.78 is 0. The van der Waals surface area contributed by atoms with Crippen LogP contribution in [0.5, 0.6) is 0 Å². The number of hydrogen-bond acceptors (Lipinski definition) is 4. The summed E-state index contributed by atoms with van der Waals surface area (Å²) in [6.45, 7) is 4.43. The number of piperidine rings is 1. The van der Waals surface area contributed by atoms with Gasteiger partial charge in [0.05, 0.1) is 10.7 Å². The Morgan fingerprint density at radius 3 is 2.93 bits per heavy atom. The fourth-order valence-electron chi connectivity index (χ4n) is 1.90. The molecular weight excluding hydrogens is 206 g/mol. The van der Waals surface area contributed by atoms with Gasteiger partial charge in [-0.25, -0.2) is 4.98 Å². The van der Waals surface area contributed by atoms with E-state index < -0.39 is 0 Å². The average molecular weight is 225 g/mol. The van der Waals surface area contributed by atoms with Gasteiger partial charge >= 0.3 is 0 Å². The molecule has 1 aromatic heterocycles. The highest BCUT2D eigenvalue weighted by Gasteiger charge is 2.19. The third-order valence-electron chi connectivity index (χ3n) is 3.10. The lowest BCUT2D eigenvalue weighted by Gasteiger charge is -2.20. The number of thiazole rings is 1. The second-order valence-electron chi connectivity index (χ2n) is 4.15. The minimum Gasteiger partial charge on any atom is -0.317 e. The molecule has 1 fully saturated rings. The molecule has 4 heteroatoms. The van der Waals surface area contributed by atoms with Crippen molar-refractivity contribution in [3.8, 4) is 0 Å². The number of rotatable bonds is 3. The quantitative estimate of drug-likeness (QED) is 0.825. The Labute approximate surface area is 95.3 Å². The molecule has 1 aliphatic heterocycles. The summed E-state index contributed by atoms with van der Waals surface area (Å²) in [4.78, 5) is 4.73. The molecule has 2 rings (SSSR count). The Morgan fingerprint density at radius 1 is 1.53 bits per heavy atom. The number of aromatic nitrogens is 1. The second kappa shape index (κ2) is 5.05. The third-order valence-corrected chi connectivity index (χ3v) is 4.13. The monoisotopic (exact) mass is 225 g/mol. The van der Waals surface area contributed by atoms with E-state index in [1.165, 1.54) is 23.5 Å². The fourth-order valence-corrected chi connectivity index (χ4v) is 2.99. The van der Waals surface area contributed by atoms with E-state index in [9.17, 15) is 0 Å². The molecule has 0 amide bonds. The minimum absolute atomic E-state index is 0.372. The molecule has 2 N–H and O–H groups in total. The van der Waals surface area contributed by atoms with Crippen LogP contribution < -0.4 is 10.6 Å². The van der Waals surface area contributed by atoms with E-state index in [0.29, 0.717) is 12.0 Å². The molecule has 3 nitrogen and oxygen atoms in total. The zero-order valence-electron chi connectivity index (χ0n) is 9.42. The first-order valence-corrected chi connectivity index (χ1v) is 6.52. The Morgan fingerprint density at radius 2 is 2.27 bits per heavy atom. The van der Waals surface area contributed by atoms with Gasteiger partial charge in [-0.15, -0.1) is 11.3 Å². The van der Waals surface area contributed by atoms with Gasteiger partial charge in [-0.05, 0) is 39.9 Å². The standard InChI is InChI=1S/C11H19N3S/c1-8(12-2)10-7-15-11(14-10)9-3-5-13-6-4-9/h7-9,12-13H,3-6H2,1-2H3. The van der Waals surface area contributed by atoms with Crippen molar-refractivity contribution in [2.45, 2.75) is 31.7 Å². The van der Waals surface area contributed by atoms with Gasteiger partial charge < -0.3 is 10.6 Å². The van der Waals surface area contributed by atoms with Gasteiger partial charge in [-0.2, -0.15) is 0 Å². The zero-order valence-corrected chi connectivity index (χ0v) is 10.2. The smallest absolute Gasteiger partial charge is 0.0960 e. The average Bonchev–Trinajstić information content (AvgIpc) is 2.78. The lowest BCUT2D eigenvalue weighted by Crippen LogP contribution is -2.26. The molecule has 1 unspecified atom stereocenters. The van der Waals surface area contributed by atoms with Gasteiger partial charge in [-0.1, -0.05) is 0 Å². The molecule has 15 heavy (non-hydrogen) atoms. The summed E-state index contributed by atoms with van der Waals surface area (Å²) in [5, 5.41) is 10.1. The number of hydrogen-bond donors (Lipinski definition) is 2. The van der Waals surface area contributed by atoms with Crippen molar-refractivity contribution < 1.29 is 0 Å². The largest absolute Gasteiger partial charge is 0.317 e. The zero-order chi connectivity index (χ0) is 10.7. The highest BCUT2D eigenvalue weighted by atomic mass is 32.1. The van der Waals surface area contributed by atoms with Gasteiger partial charge in [0.2, 0.25) is 0 Å². The van der Waals surface area contributed by atoms with Gasteiger partial charge in [0.15, 0.2) is 0 Å². The maximum atomic E-state index is 4.73. The van der Waals surface area contributed by atoms with Crippen LogP contribution in [0.3, 0.4) is 0 Å². The molecule has 0 saturated carbocycles. The predicted molar refractivity (Wildman–Crippen MR) is 64.4 cm³/mol. The normalized spacial score (nSPS) is 20.4. The van der Waals surface area contributed by atoms with Crippen molar-refractivity contribution in [1.82, 2.24) is 15.6 Å². The molecule has 0 radical (unpaired) electrons. The van der Waals surface area contributed by atoms with Crippen molar-refractivity contribution in [3.63, 3.8) is 0 Å². The van der Waals surface area contributed by atoms with Crippen LogP contribution in [0.2, 0.25) is 0 Å². The highest BCUT2D eigenvalue weighted by Crippen LogP contribution is 2.29. The van der Waals surface area contributed by atoms with E-state index in [1.807, 2.05) is 18.4 Å². The third kappa shape index (κ3) is 2.56. The lowest BCUT2D eigenvalue weighted by molar-refractivity contribution is 0.457. The Kier molecular flexibility index (Phi) is 3.72. The van der Waals surface area contributed by atoms with Crippen molar-refractivity contribution >= 4 is 11.3 Å². The maximum Gasteiger partial charge on any atom is 0.0960 e. The van der Waals surface area contributed by atoms with Crippen molar-refractivity contribution in [3.05, 3.63) is 16.1 Å². The first-order valence-electron chi connectivity index (χ1n) is 5.64. The Hall–Kier alpha value is -0.450. The van der Waals surface area contributed by atoms with Crippen molar-refractivity contribution in [2.75, 3.05) is 20.1 Å². The fraction of sp³-hybridized carbons (Fsp3) is 0.727. The van der Waals surface area contributed by atoms with Crippen molar-refractivity contribution in [1.29, 1.82) is 0 Å². The van der Waals surface area contributed by atoms with Gasteiger partial charge in [0, 0.05) is 17.3 Å². The Balaban J connectivity index is 2.05. The number of nitrogens with one attached hydrogen (secondary N) is 2.